The lowest BCUT2D eigenvalue weighted by atomic mass is 9.71. The Kier molecular flexibility index (Phi) is 44.3. The maximum Gasteiger partial charge on any atom is 0.328 e. The van der Waals surface area contributed by atoms with Crippen molar-refractivity contribution in [2.24, 2.45) is 80.5 Å². The molecule has 1 aliphatic heterocycles. The van der Waals surface area contributed by atoms with Gasteiger partial charge in [-0.15, -0.1) is 32.9 Å². The fourth-order valence-electron chi connectivity index (χ4n) is 14.4. The number of unbranched alkanes of at least 4 members (excludes halogenated alkanes) is 2. The van der Waals surface area contributed by atoms with Gasteiger partial charge in [-0.25, -0.2) is 9.59 Å². The third-order valence-electron chi connectivity index (χ3n) is 22.8. The van der Waals surface area contributed by atoms with Gasteiger partial charge >= 0.3 is 23.9 Å². The van der Waals surface area contributed by atoms with Crippen molar-refractivity contribution < 1.29 is 92.5 Å². The minimum atomic E-state index is -1.15. The number of nitrogens with one attached hydrogen (secondary N) is 5. The van der Waals surface area contributed by atoms with E-state index in [9.17, 15) is 73.2 Å². The molecule has 5 rings (SSSR count). The number of carboxylic acids is 1. The molecule has 0 spiro atoms. The number of aliphatic hydroxyl groups is 4. The predicted molar refractivity (Wildman–Crippen MR) is 409 cm³/mol. The van der Waals surface area contributed by atoms with E-state index in [1.165, 1.54) is 35.2 Å². The molecule has 0 saturated heterocycles. The Balaban J connectivity index is 0.00000132. The quantitative estimate of drug-likeness (QED) is 0.0172. The number of methoxy groups -OCH3 is 3. The van der Waals surface area contributed by atoms with Crippen LogP contribution >= 0.6 is 0 Å². The van der Waals surface area contributed by atoms with Crippen molar-refractivity contribution >= 4 is 65.0 Å². The fraction of sp³-hybridized carbons (Fsp3) is 0.713. The maximum absolute atomic E-state index is 13.3. The third kappa shape index (κ3) is 27.8. The lowest BCUT2D eigenvalue weighted by Gasteiger charge is -2.35. The second kappa shape index (κ2) is 47.5. The lowest BCUT2D eigenvalue weighted by Crippen LogP contribution is -2.54. The highest BCUT2D eigenvalue weighted by atomic mass is 16.5. The maximum atomic E-state index is 13.3. The van der Waals surface area contributed by atoms with E-state index < -0.39 is 124 Å². The number of nitrogens with two attached hydrogens (primary N) is 2. The number of hydrogen-bond acceptors (Lipinski definition) is 20. The number of aliphatic hydroxyl groups excluding tert-OH is 4. The Morgan fingerprint density at radius 1 is 0.585 bits per heavy atom. The molecule has 0 aromatic carbocycles. The number of carboxylic acid groups (broad SMARTS) is 1. The van der Waals surface area contributed by atoms with E-state index in [2.05, 4.69) is 64.2 Å². The van der Waals surface area contributed by atoms with Crippen LogP contribution in [-0.4, -0.2) is 179 Å². The molecule has 14 N–H and O–H groups in total. The molecule has 106 heavy (non-hydrogen) atoms. The summed E-state index contributed by atoms with van der Waals surface area (Å²) < 4.78 is 14.1. The van der Waals surface area contributed by atoms with Crippen LogP contribution in [0.5, 0.6) is 0 Å². The molecule has 4 fully saturated rings. The molecule has 604 valence electrons. The van der Waals surface area contributed by atoms with Crippen LogP contribution in [-0.2, 0) is 67.0 Å². The van der Waals surface area contributed by atoms with E-state index >= 15 is 0 Å². The van der Waals surface area contributed by atoms with Crippen molar-refractivity contribution in [1.82, 2.24) is 26.6 Å². The van der Waals surface area contributed by atoms with Gasteiger partial charge in [-0.1, -0.05) is 84.1 Å². The number of amides is 5. The number of fused-ring (bicyclic) bond motifs is 1. The molecular formula is C80H135N7O19. The summed E-state index contributed by atoms with van der Waals surface area (Å²) in [5.74, 6) is -7.93. The number of rotatable bonds is 26. The van der Waals surface area contributed by atoms with E-state index in [1.807, 2.05) is 58.9 Å². The highest BCUT2D eigenvalue weighted by Crippen LogP contribution is 2.52. The number of ether oxygens (including phenoxy) is 3. The summed E-state index contributed by atoms with van der Waals surface area (Å²) in [7, 11) is 3.91. The van der Waals surface area contributed by atoms with Crippen LogP contribution in [0, 0.1) is 69.0 Å². The zero-order valence-electron chi connectivity index (χ0n) is 66.7. The van der Waals surface area contributed by atoms with E-state index in [0.717, 1.165) is 32.1 Å². The van der Waals surface area contributed by atoms with E-state index in [1.54, 1.807) is 66.7 Å². The summed E-state index contributed by atoms with van der Waals surface area (Å²) in [6.45, 7) is 42.5. The average molecular weight is 1500 g/mol. The van der Waals surface area contributed by atoms with Crippen molar-refractivity contribution in [3.63, 3.8) is 0 Å². The summed E-state index contributed by atoms with van der Waals surface area (Å²) >= 11 is 0. The van der Waals surface area contributed by atoms with Crippen molar-refractivity contribution in [3.05, 3.63) is 75.4 Å². The van der Waals surface area contributed by atoms with Crippen LogP contribution in [0.4, 0.5) is 0 Å². The van der Waals surface area contributed by atoms with Gasteiger partial charge in [0.05, 0.1) is 80.2 Å². The summed E-state index contributed by atoms with van der Waals surface area (Å²) in [6, 6.07) is -1.94. The van der Waals surface area contributed by atoms with Crippen LogP contribution in [0.3, 0.4) is 0 Å². The van der Waals surface area contributed by atoms with Crippen molar-refractivity contribution in [2.45, 2.75) is 273 Å². The number of esters is 3. The first-order valence-electron chi connectivity index (χ1n) is 37.3. The minimum Gasteiger partial charge on any atom is -0.481 e. The van der Waals surface area contributed by atoms with Gasteiger partial charge in [0.15, 0.2) is 0 Å². The Morgan fingerprint density at radius 3 is 1.42 bits per heavy atom. The van der Waals surface area contributed by atoms with Gasteiger partial charge in [-0.05, 0) is 188 Å². The van der Waals surface area contributed by atoms with Gasteiger partial charge < -0.3 is 77.8 Å². The molecule has 5 aliphatic rings. The smallest absolute Gasteiger partial charge is 0.328 e. The van der Waals surface area contributed by atoms with Crippen molar-refractivity contribution in [2.75, 3.05) is 21.3 Å². The number of ketones is 2. The molecule has 26 heteroatoms. The predicted octanol–water partition coefficient (Wildman–Crippen LogP) is 7.52. The second-order valence-electron chi connectivity index (χ2n) is 30.2. The standard InChI is InChI=1S/C22H36N2O5.C20H32N2O5.C15H25NO3.C10H16O4.C8H15NO2.C5H11N/c1-7-9-10-12-17(20(27)29-6)24-21(28)22(5)15(4)18(25)13-16(22)19(26)23-14(3)11-8-2;1-12-9-7-5-6-8-10-15(18(25)27-4)22-19(26)20(3)13(2)16(23)11-14(20)17(24)21-12;1-6-7-9(2)16-14(19)12-8-13(18)10(3)15(12,5)11(4)17;1-5-8(12)4-7(9(13)14)10(5,3)6(2)11;1-3-4-5-6-7(9)8(10)11-2;1-3-4-5(2)6/h7-8,14-18,25H,1-2,9-13H2,3-6H3,(H,23,26)(H,24,28);5,7,12-16,23H,6,8-11H2,1-4H3,(H,21,24)(H,22,26);6,9-10,12-13,18H,1,7-8H2,2-5H3,(H,16,19);5,7-8,12H,4H2,1-3H3,(H,13,14);3,7H,1,4-6,9H2,2H3;3,5H,1,4,6H2,2H3/b;7-5+;;;;/t14?,15?,16?,17-,18?,22?;12?,13?,14?,15-,16?,20?;;;7-;/m00..0./s1. The average Bonchev–Trinajstić information content (AvgIpc) is 1.62. The molecule has 4 saturated carbocycles. The van der Waals surface area contributed by atoms with Gasteiger partial charge in [-0.3, -0.25) is 43.2 Å². The van der Waals surface area contributed by atoms with Gasteiger partial charge in [0.2, 0.25) is 29.5 Å². The number of hydrogen-bond donors (Lipinski definition) is 12. The topological polar surface area (TPSA) is 429 Å². The van der Waals surface area contributed by atoms with E-state index in [-0.39, 0.29) is 96.4 Å². The first-order chi connectivity index (χ1) is 49.4. The number of allylic oxidation sites excluding steroid dienone is 3. The lowest BCUT2D eigenvalue weighted by molar-refractivity contribution is -0.150. The number of aliphatic carboxylic acids is 1. The van der Waals surface area contributed by atoms with Crippen molar-refractivity contribution in [1.29, 1.82) is 0 Å². The Bertz CT molecular complexity index is 2960. The molecule has 1 heterocycles. The van der Waals surface area contributed by atoms with Gasteiger partial charge in [0.1, 0.15) is 29.7 Å². The first-order valence-corrected chi connectivity index (χ1v) is 37.3. The second-order valence-corrected chi connectivity index (χ2v) is 30.2. The highest BCUT2D eigenvalue weighted by Gasteiger charge is 2.60. The summed E-state index contributed by atoms with van der Waals surface area (Å²) in [5.41, 5.74) is 6.83. The largest absolute Gasteiger partial charge is 0.481 e. The minimum absolute atomic E-state index is 0.00532. The number of carbonyl (C=O) groups is 11. The molecule has 0 radical (unpaired) electrons. The van der Waals surface area contributed by atoms with Crippen LogP contribution < -0.4 is 38.1 Å². The molecule has 5 amide bonds. The molecule has 0 aromatic rings. The Hall–Kier alpha value is -7.23. The molecule has 20 unspecified atom stereocenters. The zero-order valence-corrected chi connectivity index (χ0v) is 66.7. The number of Topliss-reactive ketones (excluding diaryl/α,β-unsaturated/α-hetero) is 2. The first kappa shape index (κ1) is 98.8. The molecule has 4 aliphatic carbocycles. The molecular weight excluding hydrogens is 1360 g/mol. The SMILES string of the molecule is C=CCC(C)N.C=CCC(C)NC(=O)C1CC(O)C(C)C1(C)C(C)=O.C=CCCC[C@H](N)C(=O)OC.C=CCCC[C@H](NC(=O)C1(C)C(C(=O)NC(C)CC=C)CC(O)C1C)C(=O)OC.CC(=O)C1(C)C(C(=O)O)CC(O)C1C.COC(=O)[C@@H]1CCC/C=C/CC(C)NC(=O)C2CC(O)C(C)C2(C)C(=O)N1. The van der Waals surface area contributed by atoms with E-state index in [0.29, 0.717) is 57.8 Å². The normalized spacial score (nSPS) is 31.8. The Morgan fingerprint density at radius 2 is 1.02 bits per heavy atom. The van der Waals surface area contributed by atoms with Gasteiger partial charge in [0.25, 0.3) is 0 Å². The van der Waals surface area contributed by atoms with Crippen LogP contribution in [0.2, 0.25) is 0 Å². The van der Waals surface area contributed by atoms with Gasteiger partial charge in [0, 0.05) is 35.0 Å². The monoisotopic (exact) mass is 1500 g/mol. The summed E-state index contributed by atoms with van der Waals surface area (Å²) in [4.78, 5) is 134. The molecule has 26 nitrogen and oxygen atoms in total. The highest BCUT2D eigenvalue weighted by molar-refractivity contribution is 5.95. The molecule has 23 atom stereocenters. The third-order valence-corrected chi connectivity index (χ3v) is 22.8. The van der Waals surface area contributed by atoms with Crippen LogP contribution in [0.25, 0.3) is 0 Å². The zero-order chi connectivity index (χ0) is 81.9. The summed E-state index contributed by atoms with van der Waals surface area (Å²) in [5, 5.41) is 63.7. The summed E-state index contributed by atoms with van der Waals surface area (Å²) in [6.07, 6.45) is 20.1. The number of carbonyl (C=O) groups excluding carboxylic acids is 10. The molecule has 0 bridgehead atoms. The van der Waals surface area contributed by atoms with Crippen LogP contribution in [0.1, 0.15) is 206 Å². The van der Waals surface area contributed by atoms with Crippen LogP contribution in [0.15, 0.2) is 75.4 Å². The van der Waals surface area contributed by atoms with E-state index in [4.69, 9.17) is 26.0 Å². The Labute approximate surface area is 631 Å². The van der Waals surface area contributed by atoms with Gasteiger partial charge in [-0.2, -0.15) is 0 Å². The van der Waals surface area contributed by atoms with Crippen molar-refractivity contribution in [3.8, 4) is 0 Å². The molecule has 0 aromatic heterocycles. The fourth-order valence-corrected chi connectivity index (χ4v) is 14.4.